The summed E-state index contributed by atoms with van der Waals surface area (Å²) in [5.41, 5.74) is 1.96. The Morgan fingerprint density at radius 1 is 1.25 bits per heavy atom. The first-order valence-corrected chi connectivity index (χ1v) is 7.13. The fraction of sp³-hybridized carbons (Fsp3) is 0.353. The van der Waals surface area contributed by atoms with Crippen LogP contribution in [0.1, 0.15) is 24.8 Å². The number of carbonyl (C=O) groups excluding carboxylic acids is 1. The average Bonchev–Trinajstić information content (AvgIpc) is 3.22. The largest absolute Gasteiger partial charge is 0.463 e. The molecule has 1 aromatic carbocycles. The van der Waals surface area contributed by atoms with Crippen molar-refractivity contribution in [1.29, 1.82) is 0 Å². The number of epoxide rings is 1. The van der Waals surface area contributed by atoms with Gasteiger partial charge in [0.15, 0.2) is 6.10 Å². The summed E-state index contributed by atoms with van der Waals surface area (Å²) in [5.74, 6) is 0.228. The molecule has 3 nitrogen and oxygen atoms in total. The molecule has 4 rings (SSSR count). The molecule has 0 spiro atoms. The zero-order chi connectivity index (χ0) is 13.6. The third-order valence-electron chi connectivity index (χ3n) is 4.19. The number of hydrogen-bond donors (Lipinski definition) is 0. The minimum atomic E-state index is -0.684. The van der Waals surface area contributed by atoms with Crippen LogP contribution in [-0.4, -0.2) is 17.7 Å². The molecule has 3 aliphatic rings. The Morgan fingerprint density at radius 2 is 2.10 bits per heavy atom. The average molecular weight is 268 g/mol. The third-order valence-corrected chi connectivity index (χ3v) is 4.19. The Balaban J connectivity index is 1.52. The normalized spacial score (nSPS) is 30.6. The van der Waals surface area contributed by atoms with Gasteiger partial charge >= 0.3 is 0 Å². The molecule has 0 aromatic heterocycles. The molecule has 2 atom stereocenters. The first kappa shape index (κ1) is 11.9. The SMILES string of the molecule is O=C1C2=C(CCC=C2)OC2(CCc3ccccc3)OC12. The molecule has 0 bridgehead atoms. The van der Waals surface area contributed by atoms with Gasteiger partial charge in [0, 0.05) is 12.8 Å². The molecular weight excluding hydrogens is 252 g/mol. The molecule has 0 radical (unpaired) electrons. The molecular formula is C17H16O3. The summed E-state index contributed by atoms with van der Waals surface area (Å²) in [6, 6.07) is 10.2. The van der Waals surface area contributed by atoms with Crippen LogP contribution < -0.4 is 0 Å². The van der Waals surface area contributed by atoms with E-state index in [1.54, 1.807) is 0 Å². The third kappa shape index (κ3) is 1.81. The van der Waals surface area contributed by atoms with E-state index in [1.165, 1.54) is 5.56 Å². The number of Topliss-reactive ketones (excluding diaryl/α,β-unsaturated/α-hetero) is 1. The highest BCUT2D eigenvalue weighted by molar-refractivity contribution is 6.05. The summed E-state index contributed by atoms with van der Waals surface area (Å²) in [6.45, 7) is 0. The minimum Gasteiger partial charge on any atom is -0.463 e. The Morgan fingerprint density at radius 3 is 2.95 bits per heavy atom. The number of carbonyl (C=O) groups is 1. The van der Waals surface area contributed by atoms with Gasteiger partial charge in [-0.1, -0.05) is 42.5 Å². The van der Waals surface area contributed by atoms with Crippen LogP contribution in [0.3, 0.4) is 0 Å². The zero-order valence-corrected chi connectivity index (χ0v) is 11.2. The van der Waals surface area contributed by atoms with Crippen molar-refractivity contribution >= 4 is 5.78 Å². The first-order chi connectivity index (χ1) is 9.78. The van der Waals surface area contributed by atoms with Crippen LogP contribution in [0.15, 0.2) is 53.8 Å². The van der Waals surface area contributed by atoms with Crippen molar-refractivity contribution < 1.29 is 14.3 Å². The van der Waals surface area contributed by atoms with Crippen LogP contribution in [0.5, 0.6) is 0 Å². The van der Waals surface area contributed by atoms with Crippen molar-refractivity contribution in [3.05, 3.63) is 59.4 Å². The summed E-state index contributed by atoms with van der Waals surface area (Å²) < 4.78 is 11.7. The number of benzene rings is 1. The molecule has 102 valence electrons. The van der Waals surface area contributed by atoms with E-state index in [1.807, 2.05) is 30.4 Å². The molecule has 2 aliphatic heterocycles. The quantitative estimate of drug-likeness (QED) is 0.791. The van der Waals surface area contributed by atoms with Gasteiger partial charge in [0.1, 0.15) is 5.76 Å². The van der Waals surface area contributed by atoms with Gasteiger partial charge in [-0.3, -0.25) is 4.79 Å². The Labute approximate surface area is 117 Å². The number of rotatable bonds is 3. The molecule has 20 heavy (non-hydrogen) atoms. The lowest BCUT2D eigenvalue weighted by Gasteiger charge is -2.25. The van der Waals surface area contributed by atoms with E-state index < -0.39 is 11.9 Å². The highest BCUT2D eigenvalue weighted by Gasteiger charge is 2.66. The lowest BCUT2D eigenvalue weighted by Crippen LogP contribution is -2.32. The molecule has 2 unspecified atom stereocenters. The van der Waals surface area contributed by atoms with Crippen molar-refractivity contribution in [3.8, 4) is 0 Å². The molecule has 0 amide bonds. The van der Waals surface area contributed by atoms with Gasteiger partial charge < -0.3 is 9.47 Å². The van der Waals surface area contributed by atoms with E-state index in [2.05, 4.69) is 12.1 Å². The van der Waals surface area contributed by atoms with Gasteiger partial charge in [-0.25, -0.2) is 0 Å². The minimum absolute atomic E-state index is 0.0928. The lowest BCUT2D eigenvalue weighted by molar-refractivity contribution is -0.118. The number of hydrogen-bond acceptors (Lipinski definition) is 3. The Bertz CT molecular complexity index is 614. The van der Waals surface area contributed by atoms with Crippen LogP contribution in [-0.2, 0) is 20.7 Å². The molecule has 3 heteroatoms. The number of fused-ring (bicyclic) bond motifs is 1. The summed E-state index contributed by atoms with van der Waals surface area (Å²) in [6.07, 6.45) is 6.85. The first-order valence-electron chi connectivity index (χ1n) is 7.13. The molecule has 1 saturated heterocycles. The van der Waals surface area contributed by atoms with Gasteiger partial charge in [-0.05, 0) is 18.4 Å². The second-order valence-electron chi connectivity index (χ2n) is 5.54. The van der Waals surface area contributed by atoms with Crippen LogP contribution in [0, 0.1) is 0 Å². The molecule has 1 aromatic rings. The van der Waals surface area contributed by atoms with E-state index in [0.717, 1.165) is 31.4 Å². The summed E-state index contributed by atoms with van der Waals surface area (Å²) in [7, 11) is 0. The van der Waals surface area contributed by atoms with E-state index in [-0.39, 0.29) is 5.78 Å². The Hall–Kier alpha value is -1.87. The standard InChI is InChI=1S/C17H16O3/c18-15-13-8-4-5-9-14(13)19-17(16(15)20-17)11-10-12-6-2-1-3-7-12/h1-4,6-8,16H,5,9-11H2. The smallest absolute Gasteiger partial charge is 0.245 e. The number of ketones is 1. The molecule has 0 N–H and O–H groups in total. The topological polar surface area (TPSA) is 38.8 Å². The lowest BCUT2D eigenvalue weighted by atomic mass is 9.93. The predicted octanol–water partition coefficient (Wildman–Crippen LogP) is 2.92. The van der Waals surface area contributed by atoms with Crippen molar-refractivity contribution in [1.82, 2.24) is 0 Å². The van der Waals surface area contributed by atoms with Crippen LogP contribution in [0.25, 0.3) is 0 Å². The number of allylic oxidation sites excluding steroid dienone is 3. The van der Waals surface area contributed by atoms with Crippen LogP contribution in [0.4, 0.5) is 0 Å². The van der Waals surface area contributed by atoms with Gasteiger partial charge in [0.05, 0.1) is 5.57 Å². The van der Waals surface area contributed by atoms with Crippen LogP contribution >= 0.6 is 0 Å². The second-order valence-corrected chi connectivity index (χ2v) is 5.54. The van der Waals surface area contributed by atoms with Crippen molar-refractivity contribution in [3.63, 3.8) is 0 Å². The molecule has 0 saturated carbocycles. The summed E-state index contributed by atoms with van der Waals surface area (Å²) in [4.78, 5) is 12.3. The monoisotopic (exact) mass is 268 g/mol. The van der Waals surface area contributed by atoms with E-state index in [0.29, 0.717) is 5.57 Å². The maximum atomic E-state index is 12.3. The van der Waals surface area contributed by atoms with Gasteiger partial charge in [0.2, 0.25) is 11.6 Å². The molecule has 1 aliphatic carbocycles. The van der Waals surface area contributed by atoms with Crippen molar-refractivity contribution in [2.45, 2.75) is 37.6 Å². The summed E-state index contributed by atoms with van der Waals surface area (Å²) in [5, 5.41) is 0. The van der Waals surface area contributed by atoms with Gasteiger partial charge in [-0.2, -0.15) is 0 Å². The van der Waals surface area contributed by atoms with E-state index >= 15 is 0 Å². The zero-order valence-electron chi connectivity index (χ0n) is 11.2. The highest BCUT2D eigenvalue weighted by atomic mass is 16.8. The maximum Gasteiger partial charge on any atom is 0.245 e. The fourth-order valence-corrected chi connectivity index (χ4v) is 3.02. The maximum absolute atomic E-state index is 12.3. The van der Waals surface area contributed by atoms with E-state index in [9.17, 15) is 4.79 Å². The van der Waals surface area contributed by atoms with Crippen molar-refractivity contribution in [2.75, 3.05) is 0 Å². The van der Waals surface area contributed by atoms with Gasteiger partial charge in [0.25, 0.3) is 0 Å². The number of ether oxygens (including phenoxy) is 2. The Kier molecular flexibility index (Phi) is 2.57. The van der Waals surface area contributed by atoms with Crippen LogP contribution in [0.2, 0.25) is 0 Å². The fourth-order valence-electron chi connectivity index (χ4n) is 3.02. The molecule has 2 heterocycles. The summed E-state index contributed by atoms with van der Waals surface area (Å²) >= 11 is 0. The van der Waals surface area contributed by atoms with Crippen molar-refractivity contribution in [2.24, 2.45) is 0 Å². The molecule has 1 fully saturated rings. The second kappa shape index (κ2) is 4.32. The number of aryl methyl sites for hydroxylation is 1. The highest BCUT2D eigenvalue weighted by Crippen LogP contribution is 2.50. The van der Waals surface area contributed by atoms with Gasteiger partial charge in [-0.15, -0.1) is 0 Å². The predicted molar refractivity (Wildman–Crippen MR) is 73.9 cm³/mol. The van der Waals surface area contributed by atoms with E-state index in [4.69, 9.17) is 9.47 Å².